The summed E-state index contributed by atoms with van der Waals surface area (Å²) in [5.41, 5.74) is 0. The molecule has 0 radical (unpaired) electrons. The first kappa shape index (κ1) is 21.1. The van der Waals surface area contributed by atoms with Crippen molar-refractivity contribution in [1.82, 2.24) is 0 Å². The minimum Gasteiger partial charge on any atom is -0.481 e. The Morgan fingerprint density at radius 2 is 1.83 bits per heavy atom. The molecule has 0 aromatic rings. The summed E-state index contributed by atoms with van der Waals surface area (Å²) in [5.74, 6) is 0.328. The van der Waals surface area contributed by atoms with E-state index in [1.54, 1.807) is 0 Å². The van der Waals surface area contributed by atoms with Gasteiger partial charge >= 0.3 is 5.97 Å². The largest absolute Gasteiger partial charge is 0.481 e. The zero-order valence-electron chi connectivity index (χ0n) is 15.3. The second-order valence-corrected chi connectivity index (χ2v) is 7.45. The molecule has 4 nitrogen and oxygen atoms in total. The maximum absolute atomic E-state index is 12.1. The Balaban J connectivity index is 2.19. The molecule has 0 aromatic heterocycles. The summed E-state index contributed by atoms with van der Waals surface area (Å²) in [6.45, 7) is 2.17. The fraction of sp³-hybridized carbons (Fsp3) is 0.900. The van der Waals surface area contributed by atoms with Crippen molar-refractivity contribution in [3.8, 4) is 0 Å². The molecule has 1 saturated carbocycles. The molecule has 24 heavy (non-hydrogen) atoms. The number of carboxylic acids is 1. The third-order valence-corrected chi connectivity index (χ3v) is 5.41. The van der Waals surface area contributed by atoms with E-state index in [1.807, 2.05) is 0 Å². The second-order valence-electron chi connectivity index (χ2n) is 7.45. The van der Waals surface area contributed by atoms with E-state index in [0.29, 0.717) is 18.1 Å². The van der Waals surface area contributed by atoms with Crippen LogP contribution >= 0.6 is 0 Å². The van der Waals surface area contributed by atoms with Gasteiger partial charge in [-0.15, -0.1) is 0 Å². The molecule has 3 atom stereocenters. The number of aliphatic hydroxyl groups excluding tert-OH is 1. The first-order valence-electron chi connectivity index (χ1n) is 9.97. The summed E-state index contributed by atoms with van der Waals surface area (Å²) < 4.78 is 0. The van der Waals surface area contributed by atoms with Gasteiger partial charge in [-0.3, -0.25) is 9.59 Å². The van der Waals surface area contributed by atoms with Crippen LogP contribution in [0.4, 0.5) is 0 Å². The van der Waals surface area contributed by atoms with Gasteiger partial charge in [-0.05, 0) is 44.4 Å². The maximum Gasteiger partial charge on any atom is 0.303 e. The highest BCUT2D eigenvalue weighted by Gasteiger charge is 2.33. The number of hydrogen-bond acceptors (Lipinski definition) is 3. The molecular weight excluding hydrogens is 304 g/mol. The predicted octanol–water partition coefficient (Wildman–Crippen LogP) is 4.73. The van der Waals surface area contributed by atoms with E-state index in [0.717, 1.165) is 64.2 Å². The van der Waals surface area contributed by atoms with Gasteiger partial charge in [0.15, 0.2) is 0 Å². The molecule has 140 valence electrons. The van der Waals surface area contributed by atoms with Gasteiger partial charge < -0.3 is 10.2 Å². The lowest BCUT2D eigenvalue weighted by molar-refractivity contribution is -0.137. The van der Waals surface area contributed by atoms with Gasteiger partial charge in [-0.1, -0.05) is 45.4 Å². The lowest BCUT2D eigenvalue weighted by Gasteiger charge is -2.20. The van der Waals surface area contributed by atoms with Crippen LogP contribution < -0.4 is 0 Å². The van der Waals surface area contributed by atoms with Crippen LogP contribution in [0.25, 0.3) is 0 Å². The number of ketones is 1. The van der Waals surface area contributed by atoms with Crippen LogP contribution in [0, 0.1) is 11.8 Å². The summed E-state index contributed by atoms with van der Waals surface area (Å²) in [5, 5.41) is 18.7. The van der Waals surface area contributed by atoms with Gasteiger partial charge in [-0.25, -0.2) is 0 Å². The van der Waals surface area contributed by atoms with E-state index in [-0.39, 0.29) is 18.4 Å². The standard InChI is InChI=1S/C20H36O4/c1-2-3-6-9-17(21)14-12-16-13-15-19(22)18(16)10-7-4-5-8-11-20(23)24/h16-18,21H,2-15H2,1H3,(H,23,24). The number of aliphatic hydroxyl groups is 1. The Bertz CT molecular complexity index is 367. The normalized spacial score (nSPS) is 22.0. The smallest absolute Gasteiger partial charge is 0.303 e. The zero-order valence-corrected chi connectivity index (χ0v) is 15.3. The molecule has 4 heteroatoms. The fourth-order valence-electron chi connectivity index (χ4n) is 3.89. The van der Waals surface area contributed by atoms with Crippen molar-refractivity contribution in [3.05, 3.63) is 0 Å². The molecule has 0 amide bonds. The van der Waals surface area contributed by atoms with Crippen molar-refractivity contribution in [3.63, 3.8) is 0 Å². The summed E-state index contributed by atoms with van der Waals surface area (Å²) in [6.07, 6.45) is 12.6. The Kier molecular flexibility index (Phi) is 11.0. The number of unbranched alkanes of at least 4 members (excludes halogenated alkanes) is 5. The quantitative estimate of drug-likeness (QED) is 0.448. The maximum atomic E-state index is 12.1. The molecule has 0 heterocycles. The molecule has 0 aliphatic heterocycles. The average Bonchev–Trinajstić information content (AvgIpc) is 2.89. The van der Waals surface area contributed by atoms with Crippen LogP contribution in [0.5, 0.6) is 0 Å². The molecular formula is C20H36O4. The number of aliphatic carboxylic acids is 1. The fourth-order valence-corrected chi connectivity index (χ4v) is 3.89. The average molecular weight is 341 g/mol. The van der Waals surface area contributed by atoms with E-state index >= 15 is 0 Å². The van der Waals surface area contributed by atoms with E-state index < -0.39 is 5.97 Å². The molecule has 0 spiro atoms. The van der Waals surface area contributed by atoms with Crippen molar-refractivity contribution in [2.24, 2.45) is 11.8 Å². The lowest BCUT2D eigenvalue weighted by Crippen LogP contribution is -2.17. The van der Waals surface area contributed by atoms with Crippen molar-refractivity contribution >= 4 is 11.8 Å². The van der Waals surface area contributed by atoms with Gasteiger partial charge in [0.25, 0.3) is 0 Å². The van der Waals surface area contributed by atoms with Gasteiger partial charge in [0.2, 0.25) is 0 Å². The molecule has 1 fully saturated rings. The van der Waals surface area contributed by atoms with Gasteiger partial charge in [0.1, 0.15) is 5.78 Å². The molecule has 2 N–H and O–H groups in total. The van der Waals surface area contributed by atoms with Gasteiger partial charge in [0.05, 0.1) is 6.10 Å². The van der Waals surface area contributed by atoms with E-state index in [2.05, 4.69) is 6.92 Å². The van der Waals surface area contributed by atoms with Crippen LogP contribution in [0.3, 0.4) is 0 Å². The highest BCUT2D eigenvalue weighted by atomic mass is 16.4. The molecule has 1 rings (SSSR count). The SMILES string of the molecule is CCCCCC(O)CCC1CCC(=O)C1CCCCCCC(=O)O. The van der Waals surface area contributed by atoms with Crippen molar-refractivity contribution in [2.45, 2.75) is 103 Å². The number of rotatable bonds is 14. The third-order valence-electron chi connectivity index (χ3n) is 5.41. The summed E-state index contributed by atoms with van der Waals surface area (Å²) >= 11 is 0. The second kappa shape index (κ2) is 12.5. The van der Waals surface area contributed by atoms with Crippen LogP contribution in [0.2, 0.25) is 0 Å². The minimum absolute atomic E-state index is 0.187. The summed E-state index contributed by atoms with van der Waals surface area (Å²) in [4.78, 5) is 22.6. The number of Topliss-reactive ketones (excluding diaryl/α,β-unsaturated/α-hetero) is 1. The molecule has 0 bridgehead atoms. The Hall–Kier alpha value is -0.900. The van der Waals surface area contributed by atoms with Crippen molar-refractivity contribution < 1.29 is 19.8 Å². The number of hydrogen-bond donors (Lipinski definition) is 2. The third kappa shape index (κ3) is 8.81. The topological polar surface area (TPSA) is 74.6 Å². The van der Waals surface area contributed by atoms with Gasteiger partial charge in [-0.2, -0.15) is 0 Å². The van der Waals surface area contributed by atoms with Crippen LogP contribution in [0.15, 0.2) is 0 Å². The molecule has 0 aromatic carbocycles. The Morgan fingerprint density at radius 1 is 1.08 bits per heavy atom. The first-order valence-corrected chi connectivity index (χ1v) is 9.97. The molecule has 1 aliphatic rings. The van der Waals surface area contributed by atoms with Crippen LogP contribution in [0.1, 0.15) is 96.8 Å². The molecule has 0 saturated heterocycles. The van der Waals surface area contributed by atoms with Crippen molar-refractivity contribution in [1.29, 1.82) is 0 Å². The van der Waals surface area contributed by atoms with Gasteiger partial charge in [0, 0.05) is 18.8 Å². The number of carboxylic acid groups (broad SMARTS) is 1. The van der Waals surface area contributed by atoms with Crippen LogP contribution in [-0.2, 0) is 9.59 Å². The highest BCUT2D eigenvalue weighted by Crippen LogP contribution is 2.36. The van der Waals surface area contributed by atoms with Crippen molar-refractivity contribution in [2.75, 3.05) is 0 Å². The Labute approximate surface area is 147 Å². The highest BCUT2D eigenvalue weighted by molar-refractivity contribution is 5.83. The number of carbonyl (C=O) groups is 2. The summed E-state index contributed by atoms with van der Waals surface area (Å²) in [7, 11) is 0. The Morgan fingerprint density at radius 3 is 2.54 bits per heavy atom. The first-order chi connectivity index (χ1) is 11.5. The van der Waals surface area contributed by atoms with E-state index in [1.165, 1.54) is 12.8 Å². The summed E-state index contributed by atoms with van der Waals surface area (Å²) in [6, 6.07) is 0. The molecule has 3 unspecified atom stereocenters. The van der Waals surface area contributed by atoms with E-state index in [4.69, 9.17) is 5.11 Å². The minimum atomic E-state index is -0.724. The molecule has 1 aliphatic carbocycles. The number of carbonyl (C=O) groups excluding carboxylic acids is 1. The van der Waals surface area contributed by atoms with E-state index in [9.17, 15) is 14.7 Å². The monoisotopic (exact) mass is 340 g/mol. The predicted molar refractivity (Wildman–Crippen MR) is 95.9 cm³/mol. The zero-order chi connectivity index (χ0) is 17.8. The van der Waals surface area contributed by atoms with Crippen LogP contribution in [-0.4, -0.2) is 28.1 Å². The lowest BCUT2D eigenvalue weighted by atomic mass is 9.86.